The maximum atomic E-state index is 12.8. The molecule has 0 radical (unpaired) electrons. The minimum Gasteiger partial charge on any atom is -0.331 e. The molecular weight excluding hydrogens is 430 g/mol. The number of rotatable bonds is 4. The molecule has 5 nitrogen and oxygen atoms in total. The van der Waals surface area contributed by atoms with Crippen molar-refractivity contribution in [1.82, 2.24) is 9.99 Å². The summed E-state index contributed by atoms with van der Waals surface area (Å²) in [5, 5.41) is 5.41. The number of para-hydroxylation sites is 2. The fourth-order valence-corrected chi connectivity index (χ4v) is 3.59. The van der Waals surface area contributed by atoms with Gasteiger partial charge in [0.05, 0.1) is 16.7 Å². The fourth-order valence-electron chi connectivity index (χ4n) is 3.33. The topological polar surface area (TPSA) is 63.5 Å². The number of hydrogen-bond acceptors (Lipinski definition) is 3. The van der Waals surface area contributed by atoms with Crippen LogP contribution in [-0.2, 0) is 11.3 Å². The molecule has 0 saturated heterocycles. The predicted molar refractivity (Wildman–Crippen MR) is 120 cm³/mol. The first-order valence-corrected chi connectivity index (χ1v) is 9.93. The van der Waals surface area contributed by atoms with Crippen LogP contribution in [0.2, 0.25) is 0 Å². The molecule has 3 aromatic carbocycles. The van der Waals surface area contributed by atoms with Crippen LogP contribution in [0, 0.1) is 0 Å². The summed E-state index contributed by atoms with van der Waals surface area (Å²) < 4.78 is 2.83. The average Bonchev–Trinajstić information content (AvgIpc) is 2.75. The number of hydrazone groups is 1. The van der Waals surface area contributed by atoms with Crippen molar-refractivity contribution in [3.8, 4) is 0 Å². The monoisotopic (exact) mass is 447 g/mol. The van der Waals surface area contributed by atoms with Crippen molar-refractivity contribution >= 4 is 49.4 Å². The number of nitrogens with one attached hydrogen (secondary N) is 1. The summed E-state index contributed by atoms with van der Waals surface area (Å²) in [5.74, 6) is -0.264. The normalized spacial score (nSPS) is 11.7. The summed E-state index contributed by atoms with van der Waals surface area (Å²) in [7, 11) is 0. The lowest BCUT2D eigenvalue weighted by Crippen LogP contribution is -2.25. The summed E-state index contributed by atoms with van der Waals surface area (Å²) in [6, 6.07) is 22.4. The van der Waals surface area contributed by atoms with Gasteiger partial charge in [0.25, 0.3) is 5.91 Å². The van der Waals surface area contributed by atoms with Crippen LogP contribution in [-0.4, -0.2) is 16.2 Å². The highest BCUT2D eigenvalue weighted by molar-refractivity contribution is 9.10. The lowest BCUT2D eigenvalue weighted by Gasteiger charge is -2.14. The number of carbonyl (C=O) groups excluding carboxylic acids is 1. The molecule has 0 spiro atoms. The van der Waals surface area contributed by atoms with Gasteiger partial charge in [-0.3, -0.25) is 9.59 Å². The van der Waals surface area contributed by atoms with Crippen molar-refractivity contribution in [2.75, 3.05) is 0 Å². The molecule has 4 aromatic rings. The molecule has 144 valence electrons. The quantitative estimate of drug-likeness (QED) is 0.285. The van der Waals surface area contributed by atoms with Crippen molar-refractivity contribution in [3.05, 3.63) is 93.1 Å². The number of halogens is 1. The van der Waals surface area contributed by atoms with Gasteiger partial charge < -0.3 is 4.57 Å². The minimum absolute atomic E-state index is 0.0306. The van der Waals surface area contributed by atoms with Gasteiger partial charge in [0.2, 0.25) is 0 Å². The molecule has 0 fully saturated rings. The Balaban J connectivity index is 1.67. The number of amides is 1. The number of nitrogens with zero attached hydrogens (tertiary/aromatic N) is 2. The molecule has 1 aromatic heterocycles. The van der Waals surface area contributed by atoms with Crippen LogP contribution in [0.5, 0.6) is 0 Å². The molecule has 4 rings (SSSR count). The van der Waals surface area contributed by atoms with Gasteiger partial charge in [-0.25, -0.2) is 5.43 Å². The summed E-state index contributed by atoms with van der Waals surface area (Å²) in [4.78, 5) is 25.4. The molecule has 0 unspecified atom stereocenters. The molecule has 1 amide bonds. The smallest absolute Gasteiger partial charge is 0.260 e. The van der Waals surface area contributed by atoms with Crippen LogP contribution in [0.3, 0.4) is 0 Å². The molecule has 6 heteroatoms. The third kappa shape index (κ3) is 3.84. The van der Waals surface area contributed by atoms with E-state index in [9.17, 15) is 9.59 Å². The second-order valence-electron chi connectivity index (χ2n) is 6.69. The molecule has 1 N–H and O–H groups in total. The fraction of sp³-hybridized carbons (Fsp3) is 0.0870. The summed E-state index contributed by atoms with van der Waals surface area (Å²) >= 11 is 3.40. The molecule has 0 aliphatic heterocycles. The van der Waals surface area contributed by atoms with E-state index in [0.717, 1.165) is 21.1 Å². The standard InChI is InChI=1S/C23H18BrN3O2/c1-15(16-10-12-17(24)13-11-16)25-26-22(28)14-27-20-8-4-2-6-18(20)23(29)19-7-3-5-9-21(19)27/h2-13H,14H2,1H3,(H,26,28)/b25-15+. The zero-order valence-electron chi connectivity index (χ0n) is 15.7. The molecule has 0 saturated carbocycles. The van der Waals surface area contributed by atoms with E-state index in [2.05, 4.69) is 26.5 Å². The summed E-state index contributed by atoms with van der Waals surface area (Å²) in [6.45, 7) is 1.89. The van der Waals surface area contributed by atoms with E-state index in [-0.39, 0.29) is 17.9 Å². The first-order chi connectivity index (χ1) is 14.0. The number of aromatic nitrogens is 1. The van der Waals surface area contributed by atoms with Gasteiger partial charge in [0.15, 0.2) is 5.43 Å². The maximum absolute atomic E-state index is 12.8. The number of benzene rings is 3. The SMILES string of the molecule is C/C(=N\NC(=O)Cn1c2ccccc2c(=O)c2ccccc21)c1ccc(Br)cc1. The predicted octanol–water partition coefficient (Wildman–Crippen LogP) is 4.46. The summed E-state index contributed by atoms with van der Waals surface area (Å²) in [5.41, 5.74) is 5.67. The van der Waals surface area contributed by atoms with Gasteiger partial charge in [-0.2, -0.15) is 5.10 Å². The Morgan fingerprint density at radius 2 is 1.48 bits per heavy atom. The lowest BCUT2D eigenvalue weighted by molar-refractivity contribution is -0.121. The average molecular weight is 448 g/mol. The van der Waals surface area contributed by atoms with Crippen molar-refractivity contribution in [2.24, 2.45) is 5.10 Å². The van der Waals surface area contributed by atoms with Crippen LogP contribution < -0.4 is 10.9 Å². The molecule has 0 aliphatic rings. The Kier molecular flexibility index (Phi) is 5.27. The van der Waals surface area contributed by atoms with E-state index >= 15 is 0 Å². The Labute approximate surface area is 175 Å². The number of fused-ring (bicyclic) bond motifs is 2. The van der Waals surface area contributed by atoms with Gasteiger partial charge in [-0.05, 0) is 48.9 Å². The van der Waals surface area contributed by atoms with Crippen LogP contribution in [0.25, 0.3) is 21.8 Å². The van der Waals surface area contributed by atoms with E-state index in [1.54, 1.807) is 12.1 Å². The van der Waals surface area contributed by atoms with Gasteiger partial charge in [-0.1, -0.05) is 52.3 Å². The zero-order valence-corrected chi connectivity index (χ0v) is 17.3. The van der Waals surface area contributed by atoms with Gasteiger partial charge in [-0.15, -0.1) is 0 Å². The zero-order chi connectivity index (χ0) is 20.4. The van der Waals surface area contributed by atoms with E-state index < -0.39 is 0 Å². The highest BCUT2D eigenvalue weighted by Gasteiger charge is 2.12. The Morgan fingerprint density at radius 1 is 0.931 bits per heavy atom. The van der Waals surface area contributed by atoms with Crippen molar-refractivity contribution in [1.29, 1.82) is 0 Å². The third-order valence-corrected chi connectivity index (χ3v) is 5.32. The first kappa shape index (κ1) is 19.1. The number of pyridine rings is 1. The van der Waals surface area contributed by atoms with Crippen LogP contribution in [0.1, 0.15) is 12.5 Å². The molecule has 29 heavy (non-hydrogen) atoms. The highest BCUT2D eigenvalue weighted by atomic mass is 79.9. The minimum atomic E-state index is -0.264. The van der Waals surface area contributed by atoms with E-state index in [4.69, 9.17) is 0 Å². The first-order valence-electron chi connectivity index (χ1n) is 9.14. The van der Waals surface area contributed by atoms with E-state index in [0.29, 0.717) is 16.5 Å². The molecule has 0 bridgehead atoms. The molecular formula is C23H18BrN3O2. The van der Waals surface area contributed by atoms with Gasteiger partial charge in [0.1, 0.15) is 6.54 Å². The second-order valence-corrected chi connectivity index (χ2v) is 7.60. The Hall–Kier alpha value is -3.25. The Bertz CT molecular complexity index is 1250. The third-order valence-electron chi connectivity index (χ3n) is 4.79. The van der Waals surface area contributed by atoms with Gasteiger partial charge in [0, 0.05) is 15.2 Å². The number of hydrogen-bond donors (Lipinski definition) is 1. The summed E-state index contributed by atoms with van der Waals surface area (Å²) in [6.07, 6.45) is 0. The lowest BCUT2D eigenvalue weighted by atomic mass is 10.1. The van der Waals surface area contributed by atoms with Crippen molar-refractivity contribution in [3.63, 3.8) is 0 Å². The van der Waals surface area contributed by atoms with Crippen molar-refractivity contribution in [2.45, 2.75) is 13.5 Å². The Morgan fingerprint density at radius 3 is 2.07 bits per heavy atom. The van der Waals surface area contributed by atoms with Crippen LogP contribution in [0.15, 0.2) is 87.2 Å². The van der Waals surface area contributed by atoms with E-state index in [1.165, 1.54) is 0 Å². The second kappa shape index (κ2) is 8.01. The molecule has 1 heterocycles. The maximum Gasteiger partial charge on any atom is 0.260 e. The molecule has 0 aliphatic carbocycles. The largest absolute Gasteiger partial charge is 0.331 e. The van der Waals surface area contributed by atoms with Crippen LogP contribution in [0.4, 0.5) is 0 Å². The van der Waals surface area contributed by atoms with Crippen LogP contribution >= 0.6 is 15.9 Å². The van der Waals surface area contributed by atoms with Gasteiger partial charge >= 0.3 is 0 Å². The number of carbonyl (C=O) groups is 1. The molecule has 0 atom stereocenters. The van der Waals surface area contributed by atoms with Crippen molar-refractivity contribution < 1.29 is 4.79 Å². The van der Waals surface area contributed by atoms with E-state index in [1.807, 2.05) is 72.2 Å². The highest BCUT2D eigenvalue weighted by Crippen LogP contribution is 2.19.